The van der Waals surface area contributed by atoms with Crippen molar-refractivity contribution in [2.24, 2.45) is 0 Å². The molecule has 1 aliphatic rings. The minimum Gasteiger partial charge on any atom is -0.478 e. The summed E-state index contributed by atoms with van der Waals surface area (Å²) in [6.07, 6.45) is 1.38. The Balaban J connectivity index is 1.79. The first kappa shape index (κ1) is 23.3. The fourth-order valence-electron chi connectivity index (χ4n) is 3.81. The van der Waals surface area contributed by atoms with Crippen molar-refractivity contribution >= 4 is 58.8 Å². The summed E-state index contributed by atoms with van der Waals surface area (Å²) in [6.45, 7) is 3.58. The molecule has 1 aromatic heterocycles. The molecule has 0 aliphatic carbocycles. The highest BCUT2D eigenvalue weighted by atomic mass is 35.5. The SMILES string of the molecule is Cc1cc(C=C2C(=O)NC(=O)N(c3cccc(Cl)c3Cl)C2=O)c(C)n1-c1cccc(C(=O)O)c1. The summed E-state index contributed by atoms with van der Waals surface area (Å²) in [5.74, 6) is -2.75. The number of aromatic carboxylic acids is 1. The number of amides is 4. The van der Waals surface area contributed by atoms with Gasteiger partial charge in [0.05, 0.1) is 21.3 Å². The van der Waals surface area contributed by atoms with E-state index in [2.05, 4.69) is 5.32 Å². The first-order valence-electron chi connectivity index (χ1n) is 9.98. The second kappa shape index (κ2) is 8.81. The fourth-order valence-corrected chi connectivity index (χ4v) is 4.19. The summed E-state index contributed by atoms with van der Waals surface area (Å²) in [6, 6.07) is 11.7. The maximum absolute atomic E-state index is 13.2. The Bertz CT molecular complexity index is 1420. The molecular formula is C24H17Cl2N3O5. The number of carbonyl (C=O) groups is 4. The van der Waals surface area contributed by atoms with Gasteiger partial charge in [-0.1, -0.05) is 35.3 Å². The molecule has 34 heavy (non-hydrogen) atoms. The number of urea groups is 1. The molecular weight excluding hydrogens is 481 g/mol. The lowest BCUT2D eigenvalue weighted by Gasteiger charge is -2.27. The van der Waals surface area contributed by atoms with Gasteiger partial charge in [-0.2, -0.15) is 0 Å². The highest BCUT2D eigenvalue weighted by Crippen LogP contribution is 2.34. The van der Waals surface area contributed by atoms with E-state index in [9.17, 15) is 24.3 Å². The van der Waals surface area contributed by atoms with Crippen molar-refractivity contribution in [1.29, 1.82) is 0 Å². The van der Waals surface area contributed by atoms with Crippen LogP contribution in [0.4, 0.5) is 10.5 Å². The van der Waals surface area contributed by atoms with Crippen molar-refractivity contribution in [3.8, 4) is 5.69 Å². The van der Waals surface area contributed by atoms with Gasteiger partial charge in [0.1, 0.15) is 5.57 Å². The molecule has 0 unspecified atom stereocenters. The Morgan fingerprint density at radius 3 is 2.44 bits per heavy atom. The van der Waals surface area contributed by atoms with E-state index in [0.717, 1.165) is 10.6 Å². The monoisotopic (exact) mass is 497 g/mol. The van der Waals surface area contributed by atoms with Crippen LogP contribution in [0.2, 0.25) is 10.0 Å². The number of benzene rings is 2. The second-order valence-corrected chi connectivity index (χ2v) is 8.33. The van der Waals surface area contributed by atoms with Gasteiger partial charge in [0, 0.05) is 17.1 Å². The summed E-state index contributed by atoms with van der Waals surface area (Å²) >= 11 is 12.2. The number of nitrogens with zero attached hydrogens (tertiary/aromatic N) is 2. The van der Waals surface area contributed by atoms with E-state index < -0.39 is 23.8 Å². The van der Waals surface area contributed by atoms with Crippen molar-refractivity contribution in [2.75, 3.05) is 4.90 Å². The second-order valence-electron chi connectivity index (χ2n) is 7.55. The normalized spacial score (nSPS) is 15.1. The molecule has 0 bridgehead atoms. The zero-order valence-corrected chi connectivity index (χ0v) is 19.4. The molecule has 1 fully saturated rings. The summed E-state index contributed by atoms with van der Waals surface area (Å²) in [5.41, 5.74) is 2.48. The summed E-state index contributed by atoms with van der Waals surface area (Å²) < 4.78 is 1.81. The minimum atomic E-state index is -1.06. The summed E-state index contributed by atoms with van der Waals surface area (Å²) in [7, 11) is 0. The largest absolute Gasteiger partial charge is 0.478 e. The molecule has 172 valence electrons. The van der Waals surface area contributed by atoms with Crippen LogP contribution in [0, 0.1) is 13.8 Å². The third-order valence-corrected chi connectivity index (χ3v) is 6.20. The van der Waals surface area contributed by atoms with Crippen molar-refractivity contribution in [2.45, 2.75) is 13.8 Å². The average molecular weight is 498 g/mol. The Labute approximate surface area is 204 Å². The molecule has 10 heteroatoms. The van der Waals surface area contributed by atoms with Crippen molar-refractivity contribution in [1.82, 2.24) is 9.88 Å². The summed E-state index contributed by atoms with van der Waals surface area (Å²) in [4.78, 5) is 50.4. The van der Waals surface area contributed by atoms with Crippen LogP contribution >= 0.6 is 23.2 Å². The number of aryl methyl sites for hydroxylation is 1. The highest BCUT2D eigenvalue weighted by molar-refractivity contribution is 6.46. The molecule has 1 saturated heterocycles. The van der Waals surface area contributed by atoms with Crippen molar-refractivity contribution < 1.29 is 24.3 Å². The van der Waals surface area contributed by atoms with Gasteiger partial charge in [-0.05, 0) is 61.9 Å². The molecule has 8 nitrogen and oxygen atoms in total. The third-order valence-electron chi connectivity index (χ3n) is 5.40. The number of aromatic nitrogens is 1. The molecule has 2 heterocycles. The van der Waals surface area contributed by atoms with Gasteiger partial charge in [-0.3, -0.25) is 14.9 Å². The Kier molecular flexibility index (Phi) is 6.03. The van der Waals surface area contributed by atoms with Crippen LogP contribution < -0.4 is 10.2 Å². The van der Waals surface area contributed by atoms with E-state index in [0.29, 0.717) is 16.9 Å². The molecule has 2 N–H and O–H groups in total. The fraction of sp³-hybridized carbons (Fsp3) is 0.0833. The number of hydrogen-bond acceptors (Lipinski definition) is 4. The molecule has 2 aromatic carbocycles. The number of barbiturate groups is 1. The number of carbonyl (C=O) groups excluding carboxylic acids is 3. The van der Waals surface area contributed by atoms with Crippen LogP contribution in [0.25, 0.3) is 11.8 Å². The molecule has 4 amide bonds. The van der Waals surface area contributed by atoms with E-state index in [1.807, 2.05) is 6.92 Å². The van der Waals surface area contributed by atoms with Crippen LogP contribution in [0.15, 0.2) is 54.1 Å². The Morgan fingerprint density at radius 2 is 1.74 bits per heavy atom. The predicted molar refractivity (Wildman–Crippen MR) is 128 cm³/mol. The standard InChI is InChI=1S/C24H17Cl2N3O5/c1-12-9-15(13(2)28(12)16-6-3-5-14(10-16)23(32)33)11-17-21(30)27-24(34)29(22(17)31)19-8-4-7-18(25)20(19)26/h3-11H,1-2H3,(H,32,33)(H,27,30,34). The van der Waals surface area contributed by atoms with E-state index in [-0.39, 0.29) is 26.9 Å². The van der Waals surface area contributed by atoms with Crippen LogP contribution in [0.5, 0.6) is 0 Å². The lowest BCUT2D eigenvalue weighted by Crippen LogP contribution is -2.54. The minimum absolute atomic E-state index is 0.00199. The molecule has 0 radical (unpaired) electrons. The smallest absolute Gasteiger partial charge is 0.336 e. The van der Waals surface area contributed by atoms with Crippen LogP contribution in [-0.2, 0) is 9.59 Å². The molecule has 4 rings (SSSR count). The van der Waals surface area contributed by atoms with Gasteiger partial charge in [-0.15, -0.1) is 0 Å². The van der Waals surface area contributed by atoms with E-state index >= 15 is 0 Å². The van der Waals surface area contributed by atoms with Gasteiger partial charge in [0.2, 0.25) is 0 Å². The van der Waals surface area contributed by atoms with E-state index in [4.69, 9.17) is 23.2 Å². The average Bonchev–Trinajstić information content (AvgIpc) is 3.06. The van der Waals surface area contributed by atoms with Gasteiger partial charge < -0.3 is 9.67 Å². The van der Waals surface area contributed by atoms with Gasteiger partial charge >= 0.3 is 12.0 Å². The predicted octanol–water partition coefficient (Wildman–Crippen LogP) is 4.77. The lowest BCUT2D eigenvalue weighted by atomic mass is 10.1. The topological polar surface area (TPSA) is 109 Å². The maximum atomic E-state index is 13.2. The number of rotatable bonds is 4. The number of carboxylic acids is 1. The van der Waals surface area contributed by atoms with Crippen LogP contribution in [0.1, 0.15) is 27.3 Å². The zero-order valence-electron chi connectivity index (χ0n) is 17.9. The van der Waals surface area contributed by atoms with Gasteiger partial charge in [-0.25, -0.2) is 14.5 Å². The zero-order chi connectivity index (χ0) is 24.7. The van der Waals surface area contributed by atoms with Crippen LogP contribution in [0.3, 0.4) is 0 Å². The summed E-state index contributed by atoms with van der Waals surface area (Å²) in [5, 5.41) is 11.6. The van der Waals surface area contributed by atoms with Crippen LogP contribution in [-0.4, -0.2) is 33.5 Å². The number of hydrogen-bond donors (Lipinski definition) is 2. The van der Waals surface area contributed by atoms with Crippen molar-refractivity contribution in [3.05, 3.63) is 86.7 Å². The maximum Gasteiger partial charge on any atom is 0.336 e. The molecule has 0 saturated carbocycles. The molecule has 0 spiro atoms. The molecule has 1 aliphatic heterocycles. The Hall–Kier alpha value is -3.88. The number of anilines is 1. The number of halogens is 2. The first-order valence-corrected chi connectivity index (χ1v) is 10.7. The number of imide groups is 2. The Morgan fingerprint density at radius 1 is 1.03 bits per heavy atom. The highest BCUT2D eigenvalue weighted by Gasteiger charge is 2.38. The quantitative estimate of drug-likeness (QED) is 0.398. The number of nitrogens with one attached hydrogen (secondary N) is 1. The molecule has 0 atom stereocenters. The van der Waals surface area contributed by atoms with E-state index in [1.165, 1.54) is 36.4 Å². The number of carboxylic acid groups (broad SMARTS) is 1. The first-order chi connectivity index (χ1) is 16.1. The van der Waals surface area contributed by atoms with E-state index in [1.54, 1.807) is 29.7 Å². The van der Waals surface area contributed by atoms with Gasteiger partial charge in [0.25, 0.3) is 11.8 Å². The molecule has 3 aromatic rings. The van der Waals surface area contributed by atoms with Gasteiger partial charge in [0.15, 0.2) is 0 Å². The third kappa shape index (κ3) is 3.98. The van der Waals surface area contributed by atoms with Crippen molar-refractivity contribution in [3.63, 3.8) is 0 Å². The lowest BCUT2D eigenvalue weighted by molar-refractivity contribution is -0.122.